The third-order valence-electron chi connectivity index (χ3n) is 4.49. The van der Waals surface area contributed by atoms with Gasteiger partial charge in [-0.2, -0.15) is 0 Å². The third-order valence-corrected chi connectivity index (χ3v) is 4.49. The minimum atomic E-state index is 0.0467. The zero-order valence-electron chi connectivity index (χ0n) is 12.7. The van der Waals surface area contributed by atoms with Crippen LogP contribution in [-0.4, -0.2) is 17.1 Å². The fourth-order valence-corrected chi connectivity index (χ4v) is 3.17. The Labute approximate surface area is 124 Å². The van der Waals surface area contributed by atoms with Crippen molar-refractivity contribution in [3.8, 4) is 0 Å². The summed E-state index contributed by atoms with van der Waals surface area (Å²) in [5.41, 5.74) is 2.62. The maximum Gasteiger partial charge on any atom is 0.226 e. The lowest BCUT2D eigenvalue weighted by Crippen LogP contribution is -2.41. The Morgan fingerprint density at radius 1 is 1.38 bits per heavy atom. The molecule has 1 aliphatic rings. The van der Waals surface area contributed by atoms with Gasteiger partial charge in [-0.05, 0) is 37.8 Å². The maximum absolute atomic E-state index is 12.3. The van der Waals surface area contributed by atoms with Gasteiger partial charge in [-0.3, -0.25) is 4.79 Å². The van der Waals surface area contributed by atoms with E-state index in [-0.39, 0.29) is 5.91 Å². The largest absolute Gasteiger partial charge is 0.356 e. The van der Waals surface area contributed by atoms with Crippen molar-refractivity contribution in [2.45, 2.75) is 52.0 Å². The molecule has 0 saturated heterocycles. The summed E-state index contributed by atoms with van der Waals surface area (Å²) in [6.07, 6.45) is 5.07. The Kier molecular flexibility index (Phi) is 3.95. The summed E-state index contributed by atoms with van der Waals surface area (Å²) in [7, 11) is 0. The molecule has 1 amide bonds. The molecule has 0 radical (unpaired) electrons. The number of aromatic nitrogens is 1. The average molecular weight is 286 g/mol. The van der Waals surface area contributed by atoms with Gasteiger partial charge in [-0.15, -0.1) is 0 Å². The monoisotopic (exact) mass is 286 g/mol. The number of hydrogen-bond acceptors (Lipinski definition) is 3. The van der Waals surface area contributed by atoms with Crippen LogP contribution in [0.4, 0.5) is 0 Å². The van der Waals surface area contributed by atoms with Gasteiger partial charge >= 0.3 is 0 Å². The molecule has 4 nitrogen and oxygen atoms in total. The highest BCUT2D eigenvalue weighted by atomic mass is 16.5. The highest BCUT2D eigenvalue weighted by molar-refractivity contribution is 5.86. The molecule has 0 spiro atoms. The van der Waals surface area contributed by atoms with Crippen molar-refractivity contribution >= 4 is 16.9 Å². The van der Waals surface area contributed by atoms with Crippen molar-refractivity contribution in [1.82, 2.24) is 10.5 Å². The van der Waals surface area contributed by atoms with Crippen molar-refractivity contribution in [2.75, 3.05) is 0 Å². The molecule has 1 saturated carbocycles. The minimum absolute atomic E-state index is 0.0467. The second kappa shape index (κ2) is 5.88. The predicted octanol–water partition coefficient (Wildman–Crippen LogP) is 3.37. The van der Waals surface area contributed by atoms with Gasteiger partial charge in [-0.25, -0.2) is 0 Å². The second-order valence-corrected chi connectivity index (χ2v) is 6.24. The number of carbonyl (C=O) groups is 1. The SMILES string of the molecule is Cc1ccc2onc(CC(=O)N[C@@H]3CCCC[C@H]3C)c2c1. The highest BCUT2D eigenvalue weighted by Gasteiger charge is 2.23. The molecule has 0 bridgehead atoms. The quantitative estimate of drug-likeness (QED) is 0.941. The van der Waals surface area contributed by atoms with Gasteiger partial charge in [0.15, 0.2) is 5.58 Å². The van der Waals surface area contributed by atoms with Gasteiger partial charge < -0.3 is 9.84 Å². The number of nitrogens with zero attached hydrogens (tertiary/aromatic N) is 1. The third kappa shape index (κ3) is 3.09. The fourth-order valence-electron chi connectivity index (χ4n) is 3.17. The van der Waals surface area contributed by atoms with Crippen molar-refractivity contribution in [2.24, 2.45) is 5.92 Å². The smallest absolute Gasteiger partial charge is 0.226 e. The van der Waals surface area contributed by atoms with Gasteiger partial charge in [0.25, 0.3) is 0 Å². The summed E-state index contributed by atoms with van der Waals surface area (Å²) in [5, 5.41) is 8.16. The molecule has 21 heavy (non-hydrogen) atoms. The standard InChI is InChI=1S/C17H22N2O2/c1-11-7-8-16-13(9-11)15(19-21-16)10-17(20)18-14-6-4-3-5-12(14)2/h7-9,12,14H,3-6,10H2,1-2H3,(H,18,20)/t12-,14-/m1/s1. The average Bonchev–Trinajstić information content (AvgIpc) is 2.84. The molecule has 1 heterocycles. The van der Waals surface area contributed by atoms with Crippen LogP contribution < -0.4 is 5.32 Å². The van der Waals surface area contributed by atoms with Crippen LogP contribution in [-0.2, 0) is 11.2 Å². The second-order valence-electron chi connectivity index (χ2n) is 6.24. The van der Waals surface area contributed by atoms with E-state index in [4.69, 9.17) is 4.52 Å². The van der Waals surface area contributed by atoms with Crippen LogP contribution in [0.3, 0.4) is 0 Å². The number of carbonyl (C=O) groups excluding carboxylic acids is 1. The zero-order valence-corrected chi connectivity index (χ0v) is 12.7. The van der Waals surface area contributed by atoms with Crippen LogP contribution in [0.2, 0.25) is 0 Å². The molecular weight excluding hydrogens is 264 g/mol. The number of aryl methyl sites for hydroxylation is 1. The van der Waals surface area contributed by atoms with E-state index >= 15 is 0 Å². The summed E-state index contributed by atoms with van der Waals surface area (Å²) < 4.78 is 5.29. The molecule has 3 rings (SSSR count). The Morgan fingerprint density at radius 2 is 2.19 bits per heavy atom. The fraction of sp³-hybridized carbons (Fsp3) is 0.529. The number of amides is 1. The van der Waals surface area contributed by atoms with Gasteiger partial charge in [0.2, 0.25) is 5.91 Å². The summed E-state index contributed by atoms with van der Waals surface area (Å²) in [6.45, 7) is 4.25. The van der Waals surface area contributed by atoms with E-state index < -0.39 is 0 Å². The molecule has 2 atom stereocenters. The summed E-state index contributed by atoms with van der Waals surface area (Å²) in [4.78, 5) is 12.3. The first kappa shape index (κ1) is 14.1. The molecule has 0 unspecified atom stereocenters. The van der Waals surface area contributed by atoms with Crippen LogP contribution in [0, 0.1) is 12.8 Å². The molecule has 1 aromatic heterocycles. The van der Waals surface area contributed by atoms with E-state index in [1.54, 1.807) is 0 Å². The van der Waals surface area contributed by atoms with E-state index in [1.807, 2.05) is 25.1 Å². The number of hydrogen-bond donors (Lipinski definition) is 1. The van der Waals surface area contributed by atoms with Gasteiger partial charge in [-0.1, -0.05) is 36.6 Å². The summed E-state index contributed by atoms with van der Waals surface area (Å²) >= 11 is 0. The molecule has 1 N–H and O–H groups in total. The molecule has 4 heteroatoms. The Hall–Kier alpha value is -1.84. The number of benzene rings is 1. The van der Waals surface area contributed by atoms with Gasteiger partial charge in [0, 0.05) is 11.4 Å². The molecule has 2 aromatic rings. The Morgan fingerprint density at radius 3 is 3.00 bits per heavy atom. The van der Waals surface area contributed by atoms with E-state index in [0.717, 1.165) is 28.6 Å². The molecule has 1 aliphatic carbocycles. The van der Waals surface area contributed by atoms with Gasteiger partial charge in [0.1, 0.15) is 5.69 Å². The molecule has 1 aromatic carbocycles. The zero-order chi connectivity index (χ0) is 14.8. The van der Waals surface area contributed by atoms with Gasteiger partial charge in [0.05, 0.1) is 6.42 Å². The lowest BCUT2D eigenvalue weighted by atomic mass is 9.86. The molecule has 112 valence electrons. The first-order valence-electron chi connectivity index (χ1n) is 7.78. The lowest BCUT2D eigenvalue weighted by molar-refractivity contribution is -0.121. The first-order chi connectivity index (χ1) is 10.1. The maximum atomic E-state index is 12.3. The van der Waals surface area contributed by atoms with Crippen LogP contribution in [0.25, 0.3) is 11.0 Å². The van der Waals surface area contributed by atoms with E-state index in [2.05, 4.69) is 17.4 Å². The molecule has 1 fully saturated rings. The van der Waals surface area contributed by atoms with Crippen molar-refractivity contribution in [1.29, 1.82) is 0 Å². The lowest BCUT2D eigenvalue weighted by Gasteiger charge is -2.29. The molecular formula is C17H22N2O2. The first-order valence-corrected chi connectivity index (χ1v) is 7.78. The van der Waals surface area contributed by atoms with Crippen LogP contribution in [0.15, 0.2) is 22.7 Å². The minimum Gasteiger partial charge on any atom is -0.356 e. The highest BCUT2D eigenvalue weighted by Crippen LogP contribution is 2.24. The number of rotatable bonds is 3. The van der Waals surface area contributed by atoms with Crippen LogP contribution in [0.5, 0.6) is 0 Å². The Bertz CT molecular complexity index is 647. The number of nitrogens with one attached hydrogen (secondary N) is 1. The van der Waals surface area contributed by atoms with Crippen molar-refractivity contribution < 1.29 is 9.32 Å². The van der Waals surface area contributed by atoms with E-state index in [9.17, 15) is 4.79 Å². The van der Waals surface area contributed by atoms with Crippen LogP contribution >= 0.6 is 0 Å². The predicted molar refractivity (Wildman–Crippen MR) is 82.0 cm³/mol. The van der Waals surface area contributed by atoms with Crippen molar-refractivity contribution in [3.05, 3.63) is 29.5 Å². The summed E-state index contributed by atoms with van der Waals surface area (Å²) in [5.74, 6) is 0.615. The summed E-state index contributed by atoms with van der Waals surface area (Å²) in [6, 6.07) is 6.23. The van der Waals surface area contributed by atoms with Crippen molar-refractivity contribution in [3.63, 3.8) is 0 Å². The van der Waals surface area contributed by atoms with E-state index in [1.165, 1.54) is 19.3 Å². The topological polar surface area (TPSA) is 55.1 Å². The normalized spacial score (nSPS) is 22.4. The van der Waals surface area contributed by atoms with E-state index in [0.29, 0.717) is 18.4 Å². The molecule has 0 aliphatic heterocycles. The van der Waals surface area contributed by atoms with Crippen LogP contribution in [0.1, 0.15) is 43.9 Å². The number of fused-ring (bicyclic) bond motifs is 1. The Balaban J connectivity index is 1.70.